The van der Waals surface area contributed by atoms with Gasteiger partial charge in [0.1, 0.15) is 5.75 Å². The van der Waals surface area contributed by atoms with Crippen LogP contribution in [0.5, 0.6) is 5.75 Å². The molecular weight excluding hydrogens is 424 g/mol. The lowest BCUT2D eigenvalue weighted by atomic mass is 9.98. The summed E-state index contributed by atoms with van der Waals surface area (Å²) in [7, 11) is 3.07. The van der Waals surface area contributed by atoms with Gasteiger partial charge >= 0.3 is 0 Å². The molecule has 9 nitrogen and oxygen atoms in total. The number of ether oxygens (including phenoxy) is 2. The van der Waals surface area contributed by atoms with Crippen molar-refractivity contribution < 1.29 is 23.9 Å². The van der Waals surface area contributed by atoms with E-state index in [4.69, 9.17) is 9.47 Å². The molecule has 33 heavy (non-hydrogen) atoms. The van der Waals surface area contributed by atoms with Crippen LogP contribution in [0, 0.1) is 0 Å². The van der Waals surface area contributed by atoms with Gasteiger partial charge in [-0.25, -0.2) is 0 Å². The van der Waals surface area contributed by atoms with E-state index in [1.807, 2.05) is 18.7 Å². The number of amides is 3. The quantitative estimate of drug-likeness (QED) is 0.451. The molecule has 0 saturated carbocycles. The Balaban J connectivity index is 1.98. The predicted octanol–water partition coefficient (Wildman–Crippen LogP) is 1.56. The summed E-state index contributed by atoms with van der Waals surface area (Å²) in [5.74, 6) is -0.673. The Kier molecular flexibility index (Phi) is 7.97. The van der Waals surface area contributed by atoms with Crippen molar-refractivity contribution >= 4 is 23.4 Å². The maximum Gasteiger partial charge on any atom is 0.280 e. The highest BCUT2D eigenvalue weighted by atomic mass is 16.5. The molecule has 3 rings (SSSR count). The monoisotopic (exact) mass is 460 g/mol. The van der Waals surface area contributed by atoms with Crippen LogP contribution in [0.4, 0.5) is 5.69 Å². The molecule has 2 N–H and O–H groups in total. The van der Waals surface area contributed by atoms with E-state index in [1.165, 1.54) is 18.9 Å². The maximum absolute atomic E-state index is 13.6. The van der Waals surface area contributed by atoms with E-state index in [0.29, 0.717) is 36.6 Å². The first-order valence-corrected chi connectivity index (χ1v) is 11.6. The van der Waals surface area contributed by atoms with Crippen molar-refractivity contribution in [1.29, 1.82) is 0 Å². The van der Waals surface area contributed by atoms with Gasteiger partial charge < -0.3 is 29.9 Å². The zero-order valence-corrected chi connectivity index (χ0v) is 20.3. The van der Waals surface area contributed by atoms with Gasteiger partial charge in [0.2, 0.25) is 0 Å². The number of carbonyl (C=O) groups is 3. The minimum atomic E-state index is -1.68. The predicted molar refractivity (Wildman–Crippen MR) is 126 cm³/mol. The van der Waals surface area contributed by atoms with Crippen molar-refractivity contribution in [2.45, 2.75) is 57.7 Å². The van der Waals surface area contributed by atoms with Gasteiger partial charge in [0.25, 0.3) is 23.3 Å². The van der Waals surface area contributed by atoms with Crippen LogP contribution in [0.1, 0.15) is 50.4 Å². The van der Waals surface area contributed by atoms with Gasteiger partial charge in [-0.2, -0.15) is 0 Å². The van der Waals surface area contributed by atoms with Crippen LogP contribution in [0.15, 0.2) is 18.2 Å². The average Bonchev–Trinajstić information content (AvgIpc) is 2.81. The molecule has 0 aromatic heterocycles. The molecule has 0 spiro atoms. The Morgan fingerprint density at radius 1 is 1.39 bits per heavy atom. The van der Waals surface area contributed by atoms with Crippen LogP contribution >= 0.6 is 0 Å². The van der Waals surface area contributed by atoms with Crippen LogP contribution in [-0.2, 0) is 14.3 Å². The minimum absolute atomic E-state index is 0.0330. The molecule has 2 heterocycles. The van der Waals surface area contributed by atoms with Crippen molar-refractivity contribution in [3.05, 3.63) is 23.8 Å². The SMILES string of the molecule is CNC(=O)C1(C)Oc2ccc(C(=O)N(C(C)C)[C@@H]3CCCNC3)cc2N(CCCOC)C1=O. The molecule has 2 aliphatic rings. The first-order chi connectivity index (χ1) is 15.7. The van der Waals surface area contributed by atoms with Crippen LogP contribution < -0.4 is 20.3 Å². The highest BCUT2D eigenvalue weighted by molar-refractivity contribution is 6.16. The lowest BCUT2D eigenvalue weighted by Crippen LogP contribution is -2.62. The molecule has 1 fully saturated rings. The average molecular weight is 461 g/mol. The molecule has 1 saturated heterocycles. The summed E-state index contributed by atoms with van der Waals surface area (Å²) in [6.07, 6.45) is 2.56. The first kappa shape index (κ1) is 25.0. The molecule has 1 unspecified atom stereocenters. The fraction of sp³-hybridized carbons (Fsp3) is 0.625. The maximum atomic E-state index is 13.6. The molecule has 2 atom stereocenters. The number of carbonyl (C=O) groups excluding carboxylic acids is 3. The lowest BCUT2D eigenvalue weighted by Gasteiger charge is -2.40. The molecule has 182 valence electrons. The second kappa shape index (κ2) is 10.5. The largest absolute Gasteiger partial charge is 0.466 e. The van der Waals surface area contributed by atoms with E-state index in [9.17, 15) is 14.4 Å². The van der Waals surface area contributed by atoms with Crippen LogP contribution in [0.3, 0.4) is 0 Å². The van der Waals surface area contributed by atoms with E-state index in [-0.39, 0.29) is 18.0 Å². The number of piperidine rings is 1. The third-order valence-corrected chi connectivity index (χ3v) is 6.31. The van der Waals surface area contributed by atoms with E-state index in [2.05, 4.69) is 10.6 Å². The van der Waals surface area contributed by atoms with Crippen molar-refractivity contribution in [3.8, 4) is 5.75 Å². The number of hydrogen-bond donors (Lipinski definition) is 2. The number of nitrogens with zero attached hydrogens (tertiary/aromatic N) is 2. The molecule has 0 bridgehead atoms. The van der Waals surface area contributed by atoms with Gasteiger partial charge in [-0.15, -0.1) is 0 Å². The third kappa shape index (κ3) is 4.99. The van der Waals surface area contributed by atoms with E-state index in [1.54, 1.807) is 25.3 Å². The molecule has 9 heteroatoms. The number of nitrogens with one attached hydrogen (secondary N) is 2. The number of anilines is 1. The molecule has 1 aromatic rings. The molecule has 2 aliphatic heterocycles. The Bertz CT molecular complexity index is 884. The van der Waals surface area contributed by atoms with E-state index >= 15 is 0 Å². The van der Waals surface area contributed by atoms with Crippen molar-refractivity contribution in [2.24, 2.45) is 0 Å². The zero-order valence-electron chi connectivity index (χ0n) is 20.3. The summed E-state index contributed by atoms with van der Waals surface area (Å²) in [6, 6.07) is 5.24. The van der Waals surface area contributed by atoms with Crippen molar-refractivity contribution in [3.63, 3.8) is 0 Å². The van der Waals surface area contributed by atoms with Gasteiger partial charge in [0.15, 0.2) is 0 Å². The van der Waals surface area contributed by atoms with Crippen molar-refractivity contribution in [1.82, 2.24) is 15.5 Å². The van der Waals surface area contributed by atoms with Gasteiger partial charge in [-0.1, -0.05) is 0 Å². The third-order valence-electron chi connectivity index (χ3n) is 6.31. The second-order valence-corrected chi connectivity index (χ2v) is 9.01. The Morgan fingerprint density at radius 2 is 2.15 bits per heavy atom. The molecular formula is C24H36N4O5. The van der Waals surface area contributed by atoms with Crippen LogP contribution in [-0.4, -0.2) is 80.7 Å². The van der Waals surface area contributed by atoms with Gasteiger partial charge in [0.05, 0.1) is 5.69 Å². The van der Waals surface area contributed by atoms with E-state index in [0.717, 1.165) is 25.9 Å². The van der Waals surface area contributed by atoms with Crippen LogP contribution in [0.2, 0.25) is 0 Å². The summed E-state index contributed by atoms with van der Waals surface area (Å²) < 4.78 is 11.1. The first-order valence-electron chi connectivity index (χ1n) is 11.6. The normalized spacial score (nSPS) is 22.5. The molecule has 0 aliphatic carbocycles. The van der Waals surface area contributed by atoms with Gasteiger partial charge in [0, 0.05) is 51.5 Å². The summed E-state index contributed by atoms with van der Waals surface area (Å²) >= 11 is 0. The Hall–Kier alpha value is -2.65. The second-order valence-electron chi connectivity index (χ2n) is 9.01. The summed E-state index contributed by atoms with van der Waals surface area (Å²) in [5, 5.41) is 5.89. The zero-order chi connectivity index (χ0) is 24.2. The van der Waals surface area contributed by atoms with Crippen LogP contribution in [0.25, 0.3) is 0 Å². The van der Waals surface area contributed by atoms with Gasteiger partial charge in [-0.3, -0.25) is 14.4 Å². The fourth-order valence-corrected chi connectivity index (χ4v) is 4.59. The number of likely N-dealkylation sites (N-methyl/N-ethyl adjacent to an activating group) is 1. The number of methoxy groups -OCH3 is 1. The molecule has 0 radical (unpaired) electrons. The lowest BCUT2D eigenvalue weighted by molar-refractivity contribution is -0.148. The molecule has 1 aromatic carbocycles. The summed E-state index contributed by atoms with van der Waals surface area (Å²) in [6.45, 7) is 8.04. The highest BCUT2D eigenvalue weighted by Gasteiger charge is 2.50. The standard InChI is InChI=1S/C24H36N4O5/c1-16(2)28(18-8-6-11-26-15-18)21(29)17-9-10-20-19(14-17)27(12-7-13-32-5)23(31)24(3,33-20)22(30)25-4/h9-10,14,16,18,26H,6-8,11-13,15H2,1-5H3,(H,25,30)/t18-,24?/m1/s1. The number of fused-ring (bicyclic) bond motifs is 1. The van der Waals surface area contributed by atoms with Crippen molar-refractivity contribution in [2.75, 3.05) is 45.3 Å². The summed E-state index contributed by atoms with van der Waals surface area (Å²) in [5.41, 5.74) is -0.698. The number of benzene rings is 1. The highest BCUT2D eigenvalue weighted by Crippen LogP contribution is 2.39. The smallest absolute Gasteiger partial charge is 0.280 e. The van der Waals surface area contributed by atoms with E-state index < -0.39 is 17.4 Å². The fourth-order valence-electron chi connectivity index (χ4n) is 4.59. The number of hydrogen-bond acceptors (Lipinski definition) is 6. The Labute approximate surface area is 195 Å². The summed E-state index contributed by atoms with van der Waals surface area (Å²) in [4.78, 5) is 42.9. The topological polar surface area (TPSA) is 100 Å². The molecule has 3 amide bonds. The minimum Gasteiger partial charge on any atom is -0.466 e. The number of rotatable bonds is 8. The van der Waals surface area contributed by atoms with Gasteiger partial charge in [-0.05, 0) is 64.8 Å². The Morgan fingerprint density at radius 3 is 2.76 bits per heavy atom.